The van der Waals surface area contributed by atoms with Gasteiger partial charge in [0.05, 0.1) is 15.1 Å². The minimum Gasteiger partial charge on any atom is -0.384 e. The summed E-state index contributed by atoms with van der Waals surface area (Å²) in [6.45, 7) is 0. The number of hydrogen-bond donors (Lipinski definition) is 2. The van der Waals surface area contributed by atoms with E-state index in [1.807, 2.05) is 0 Å². The molecule has 110 valence electrons. The van der Waals surface area contributed by atoms with Gasteiger partial charge in [-0.25, -0.2) is 13.4 Å². The molecule has 2 rings (SSSR count). The fraction of sp³-hybridized carbons (Fsp3) is 0. The average molecular weight is 373 g/mol. The van der Waals surface area contributed by atoms with E-state index in [2.05, 4.69) is 25.6 Å². The summed E-state index contributed by atoms with van der Waals surface area (Å²) in [6, 6.07) is 6.54. The van der Waals surface area contributed by atoms with Crippen LogP contribution in [0.4, 0.5) is 17.2 Å². The second-order valence-corrected chi connectivity index (χ2v) is 6.48. The molecule has 0 radical (unpaired) electrons. The Morgan fingerprint density at radius 3 is 2.57 bits per heavy atom. The number of nitro groups is 1. The molecule has 2 aromatic rings. The SMILES string of the molecule is Nc1ccc(S(=O)(=O)Nc2ccc(Br)c([N+](=O)[O-])c2)cn1. The summed E-state index contributed by atoms with van der Waals surface area (Å²) in [5, 5.41) is 10.8. The van der Waals surface area contributed by atoms with Crippen molar-refractivity contribution in [3.63, 3.8) is 0 Å². The highest BCUT2D eigenvalue weighted by Gasteiger charge is 2.18. The fourth-order valence-corrected chi connectivity index (χ4v) is 2.87. The highest BCUT2D eigenvalue weighted by atomic mass is 79.9. The number of nitro benzene ring substituents is 1. The van der Waals surface area contributed by atoms with Crippen molar-refractivity contribution in [2.75, 3.05) is 10.5 Å². The maximum Gasteiger partial charge on any atom is 0.285 e. The summed E-state index contributed by atoms with van der Waals surface area (Å²) in [4.78, 5) is 13.8. The van der Waals surface area contributed by atoms with Crippen molar-refractivity contribution in [3.05, 3.63) is 51.1 Å². The zero-order chi connectivity index (χ0) is 15.6. The van der Waals surface area contributed by atoms with Gasteiger partial charge >= 0.3 is 0 Å². The molecule has 0 aliphatic rings. The van der Waals surface area contributed by atoms with E-state index < -0.39 is 14.9 Å². The number of nitrogens with one attached hydrogen (secondary N) is 1. The molecular formula is C11H9BrN4O4S. The molecular weight excluding hydrogens is 364 g/mol. The summed E-state index contributed by atoms with van der Waals surface area (Å²) < 4.78 is 26.7. The van der Waals surface area contributed by atoms with Gasteiger partial charge in [0.15, 0.2) is 0 Å². The molecule has 1 aromatic heterocycles. The summed E-state index contributed by atoms with van der Waals surface area (Å²) >= 11 is 3.02. The first-order chi connectivity index (χ1) is 9.79. The first kappa shape index (κ1) is 15.2. The van der Waals surface area contributed by atoms with Gasteiger partial charge in [0.2, 0.25) is 0 Å². The third-order valence-electron chi connectivity index (χ3n) is 2.46. The second kappa shape index (κ2) is 5.66. The van der Waals surface area contributed by atoms with Gasteiger partial charge in [0.25, 0.3) is 15.7 Å². The number of sulfonamides is 1. The molecule has 10 heteroatoms. The molecule has 0 amide bonds. The highest BCUT2D eigenvalue weighted by Crippen LogP contribution is 2.28. The zero-order valence-corrected chi connectivity index (χ0v) is 12.8. The van der Waals surface area contributed by atoms with Crippen molar-refractivity contribution in [2.45, 2.75) is 4.90 Å². The monoisotopic (exact) mass is 372 g/mol. The molecule has 0 fully saturated rings. The van der Waals surface area contributed by atoms with Crippen molar-refractivity contribution in [3.8, 4) is 0 Å². The van der Waals surface area contributed by atoms with Crippen molar-refractivity contribution >= 4 is 43.1 Å². The summed E-state index contributed by atoms with van der Waals surface area (Å²) in [5.41, 5.74) is 5.21. The minimum atomic E-state index is -3.89. The Labute approximate surface area is 128 Å². The molecule has 0 aliphatic carbocycles. The van der Waals surface area contributed by atoms with Gasteiger partial charge in [-0.1, -0.05) is 0 Å². The normalized spacial score (nSPS) is 11.1. The Kier molecular flexibility index (Phi) is 4.09. The Balaban J connectivity index is 2.35. The third-order valence-corrected chi connectivity index (χ3v) is 4.50. The van der Waals surface area contributed by atoms with E-state index in [4.69, 9.17) is 5.73 Å². The van der Waals surface area contributed by atoms with Crippen LogP contribution in [0, 0.1) is 10.1 Å². The van der Waals surface area contributed by atoms with Gasteiger partial charge in [-0.2, -0.15) is 0 Å². The van der Waals surface area contributed by atoms with Crippen LogP contribution in [-0.4, -0.2) is 18.3 Å². The summed E-state index contributed by atoms with van der Waals surface area (Å²) in [6.07, 6.45) is 1.10. The van der Waals surface area contributed by atoms with E-state index in [1.165, 1.54) is 24.3 Å². The largest absolute Gasteiger partial charge is 0.384 e. The summed E-state index contributed by atoms with van der Waals surface area (Å²) in [7, 11) is -3.89. The maximum absolute atomic E-state index is 12.1. The van der Waals surface area contributed by atoms with Crippen molar-refractivity contribution < 1.29 is 13.3 Å². The molecule has 0 saturated heterocycles. The number of hydrogen-bond acceptors (Lipinski definition) is 6. The van der Waals surface area contributed by atoms with Gasteiger partial charge in [0.1, 0.15) is 10.7 Å². The van der Waals surface area contributed by atoms with Crippen LogP contribution in [0.15, 0.2) is 45.9 Å². The van der Waals surface area contributed by atoms with Crippen LogP contribution >= 0.6 is 15.9 Å². The first-order valence-electron chi connectivity index (χ1n) is 5.48. The van der Waals surface area contributed by atoms with Crippen LogP contribution in [0.25, 0.3) is 0 Å². The Morgan fingerprint density at radius 1 is 1.29 bits per heavy atom. The Morgan fingerprint density at radius 2 is 2.00 bits per heavy atom. The van der Waals surface area contributed by atoms with E-state index in [0.29, 0.717) is 0 Å². The van der Waals surface area contributed by atoms with Crippen LogP contribution in [0.5, 0.6) is 0 Å². The van der Waals surface area contributed by atoms with Crippen LogP contribution in [0.2, 0.25) is 0 Å². The highest BCUT2D eigenvalue weighted by molar-refractivity contribution is 9.10. The lowest BCUT2D eigenvalue weighted by atomic mass is 10.3. The van der Waals surface area contributed by atoms with Gasteiger partial charge in [-0.3, -0.25) is 14.8 Å². The quantitative estimate of drug-likeness (QED) is 0.624. The number of nitrogen functional groups attached to an aromatic ring is 1. The second-order valence-electron chi connectivity index (χ2n) is 3.95. The number of pyridine rings is 1. The summed E-state index contributed by atoms with van der Waals surface area (Å²) in [5.74, 6) is 0.188. The number of benzene rings is 1. The molecule has 0 spiro atoms. The van der Waals surface area contributed by atoms with Crippen LogP contribution in [0.3, 0.4) is 0 Å². The van der Waals surface area contributed by atoms with Gasteiger partial charge in [0, 0.05) is 12.3 Å². The predicted molar refractivity (Wildman–Crippen MR) is 80.3 cm³/mol. The Hall–Kier alpha value is -2.20. The minimum absolute atomic E-state index is 0.0710. The first-order valence-corrected chi connectivity index (χ1v) is 7.75. The van der Waals surface area contributed by atoms with E-state index >= 15 is 0 Å². The molecule has 3 N–H and O–H groups in total. The number of rotatable bonds is 4. The number of aromatic nitrogens is 1. The van der Waals surface area contributed by atoms with Crippen LogP contribution < -0.4 is 10.5 Å². The molecule has 21 heavy (non-hydrogen) atoms. The van der Waals surface area contributed by atoms with Gasteiger partial charge in [-0.15, -0.1) is 0 Å². The van der Waals surface area contributed by atoms with E-state index in [1.54, 1.807) is 0 Å². The lowest BCUT2D eigenvalue weighted by Crippen LogP contribution is -2.13. The Bertz CT molecular complexity index is 792. The lowest BCUT2D eigenvalue weighted by molar-refractivity contribution is -0.385. The van der Waals surface area contributed by atoms with Gasteiger partial charge in [-0.05, 0) is 40.2 Å². The smallest absolute Gasteiger partial charge is 0.285 e. The molecule has 0 atom stereocenters. The number of anilines is 2. The molecule has 8 nitrogen and oxygen atoms in total. The van der Waals surface area contributed by atoms with Crippen molar-refractivity contribution in [1.29, 1.82) is 0 Å². The van der Waals surface area contributed by atoms with E-state index in [9.17, 15) is 18.5 Å². The molecule has 0 aliphatic heterocycles. The average Bonchev–Trinajstić information content (AvgIpc) is 2.41. The van der Waals surface area contributed by atoms with E-state index in [-0.39, 0.29) is 26.6 Å². The number of nitrogens with two attached hydrogens (primary N) is 1. The third kappa shape index (κ3) is 3.47. The molecule has 0 unspecified atom stereocenters. The topological polar surface area (TPSA) is 128 Å². The number of halogens is 1. The van der Waals surface area contributed by atoms with Crippen molar-refractivity contribution in [1.82, 2.24) is 4.98 Å². The lowest BCUT2D eigenvalue weighted by Gasteiger charge is -2.08. The fourth-order valence-electron chi connectivity index (χ4n) is 1.48. The van der Waals surface area contributed by atoms with Crippen molar-refractivity contribution in [2.24, 2.45) is 0 Å². The maximum atomic E-state index is 12.1. The number of nitrogens with zero attached hydrogens (tertiary/aromatic N) is 2. The molecule has 0 bridgehead atoms. The van der Waals surface area contributed by atoms with Crippen LogP contribution in [-0.2, 0) is 10.0 Å². The molecule has 1 aromatic carbocycles. The van der Waals surface area contributed by atoms with E-state index in [0.717, 1.165) is 12.3 Å². The van der Waals surface area contributed by atoms with Gasteiger partial charge < -0.3 is 5.73 Å². The molecule has 0 saturated carbocycles. The standard InChI is InChI=1S/C11H9BrN4O4S/c12-9-3-1-7(5-10(9)16(17)18)15-21(19,20)8-2-4-11(13)14-6-8/h1-6,15H,(H2,13,14). The zero-order valence-electron chi connectivity index (χ0n) is 10.4. The molecule has 1 heterocycles. The van der Waals surface area contributed by atoms with Crippen LogP contribution in [0.1, 0.15) is 0 Å². The predicted octanol–water partition coefficient (Wildman–Crippen LogP) is 2.14.